The summed E-state index contributed by atoms with van der Waals surface area (Å²) in [4.78, 5) is 26.5. The Labute approximate surface area is 145 Å². The molecule has 130 valence electrons. The van der Waals surface area contributed by atoms with Gasteiger partial charge in [0, 0.05) is 24.8 Å². The topological polar surface area (TPSA) is 81.9 Å². The number of carbonyl (C=O) groups excluding carboxylic acids is 2. The quantitative estimate of drug-likeness (QED) is 0.883. The van der Waals surface area contributed by atoms with Crippen molar-refractivity contribution in [1.82, 2.24) is 4.90 Å². The number of carbonyl (C=O) groups is 2. The average Bonchev–Trinajstić information content (AvgIpc) is 2.62. The highest BCUT2D eigenvalue weighted by Crippen LogP contribution is 2.37. The van der Waals surface area contributed by atoms with Gasteiger partial charge in [-0.2, -0.15) is 0 Å². The van der Waals surface area contributed by atoms with Gasteiger partial charge in [0.25, 0.3) is 0 Å². The number of hydrogen-bond acceptors (Lipinski definition) is 4. The van der Waals surface area contributed by atoms with Crippen LogP contribution in [0.1, 0.15) is 18.4 Å². The maximum Gasteiger partial charge on any atom is 0.248 e. The Morgan fingerprint density at radius 3 is 2.46 bits per heavy atom. The summed E-state index contributed by atoms with van der Waals surface area (Å²) in [5.74, 6) is -0.539. The number of benzene rings is 1. The van der Waals surface area contributed by atoms with E-state index in [1.807, 2.05) is 12.1 Å². The summed E-state index contributed by atoms with van der Waals surface area (Å²) in [6, 6.07) is 7.40. The van der Waals surface area contributed by atoms with Gasteiger partial charge in [-0.1, -0.05) is 23.7 Å². The van der Waals surface area contributed by atoms with E-state index in [1.165, 1.54) is 0 Å². The molecule has 3 rings (SSSR count). The molecular weight excluding hydrogens is 332 g/mol. The Hall–Kier alpha value is -1.63. The first-order valence-electron chi connectivity index (χ1n) is 8.07. The molecule has 2 N–H and O–H groups in total. The van der Waals surface area contributed by atoms with Gasteiger partial charge in [0.1, 0.15) is 0 Å². The number of nitrogens with two attached hydrogens (primary N) is 1. The molecule has 0 aromatic heterocycles. The van der Waals surface area contributed by atoms with E-state index >= 15 is 0 Å². The van der Waals surface area contributed by atoms with Crippen LogP contribution in [0, 0.1) is 0 Å². The second-order valence-corrected chi connectivity index (χ2v) is 6.65. The molecule has 1 aromatic rings. The van der Waals surface area contributed by atoms with Crippen LogP contribution in [0.5, 0.6) is 0 Å². The van der Waals surface area contributed by atoms with Crippen molar-refractivity contribution < 1.29 is 19.1 Å². The number of hydrogen-bond donors (Lipinski definition) is 1. The fourth-order valence-corrected chi connectivity index (χ4v) is 3.55. The predicted molar refractivity (Wildman–Crippen MR) is 88.7 cm³/mol. The third-order valence-electron chi connectivity index (χ3n) is 4.82. The highest BCUT2D eigenvalue weighted by atomic mass is 35.5. The fourth-order valence-electron chi connectivity index (χ4n) is 3.42. The van der Waals surface area contributed by atoms with Crippen LogP contribution in [0.4, 0.5) is 0 Å². The minimum Gasteiger partial charge on any atom is -0.381 e. The van der Waals surface area contributed by atoms with E-state index in [2.05, 4.69) is 0 Å². The number of primary amides is 1. The average molecular weight is 353 g/mol. The first kappa shape index (κ1) is 17.2. The molecule has 0 aliphatic carbocycles. The highest BCUT2D eigenvalue weighted by Gasteiger charge is 2.45. The standard InChI is InChI=1S/C17H21ClN2O4/c18-13-3-1-12(2-4-13)17(5-8-23-9-6-17)16(22)20-7-10-24-14(11-20)15(19)21/h1-4,14H,5-11H2,(H2,19,21)/t14-/m0/s1. The molecule has 0 bridgehead atoms. The minimum atomic E-state index is -0.746. The first-order valence-corrected chi connectivity index (χ1v) is 8.45. The van der Waals surface area contributed by atoms with Crippen LogP contribution in [0.25, 0.3) is 0 Å². The van der Waals surface area contributed by atoms with Gasteiger partial charge in [0.05, 0.1) is 18.6 Å². The van der Waals surface area contributed by atoms with Crippen molar-refractivity contribution in [3.05, 3.63) is 34.9 Å². The molecular formula is C17H21ClN2O4. The number of amides is 2. The normalized spacial score (nSPS) is 23.7. The van der Waals surface area contributed by atoms with Gasteiger partial charge in [-0.3, -0.25) is 9.59 Å². The van der Waals surface area contributed by atoms with Crippen LogP contribution < -0.4 is 5.73 Å². The molecule has 1 aromatic carbocycles. The maximum absolute atomic E-state index is 13.4. The molecule has 7 heteroatoms. The first-order chi connectivity index (χ1) is 11.5. The molecule has 6 nitrogen and oxygen atoms in total. The van der Waals surface area contributed by atoms with Crippen molar-refractivity contribution in [2.75, 3.05) is 32.9 Å². The number of ether oxygens (including phenoxy) is 2. The van der Waals surface area contributed by atoms with Crippen molar-refractivity contribution >= 4 is 23.4 Å². The van der Waals surface area contributed by atoms with E-state index in [0.29, 0.717) is 44.2 Å². The lowest BCUT2D eigenvalue weighted by molar-refractivity contribution is -0.152. The molecule has 24 heavy (non-hydrogen) atoms. The van der Waals surface area contributed by atoms with Crippen molar-refractivity contribution in [3.63, 3.8) is 0 Å². The van der Waals surface area contributed by atoms with E-state index in [0.717, 1.165) is 5.56 Å². The highest BCUT2D eigenvalue weighted by molar-refractivity contribution is 6.30. The summed E-state index contributed by atoms with van der Waals surface area (Å²) < 4.78 is 10.8. The molecule has 2 fully saturated rings. The van der Waals surface area contributed by atoms with Crippen molar-refractivity contribution in [3.8, 4) is 0 Å². The van der Waals surface area contributed by atoms with E-state index in [9.17, 15) is 9.59 Å². The zero-order valence-corrected chi connectivity index (χ0v) is 14.1. The second kappa shape index (κ2) is 7.09. The molecule has 0 unspecified atom stereocenters. The second-order valence-electron chi connectivity index (χ2n) is 6.21. The van der Waals surface area contributed by atoms with Crippen LogP contribution in [0.15, 0.2) is 24.3 Å². The summed E-state index contributed by atoms with van der Waals surface area (Å²) >= 11 is 5.99. The number of halogens is 1. The summed E-state index contributed by atoms with van der Waals surface area (Å²) in [6.07, 6.45) is 0.461. The van der Waals surface area contributed by atoms with Crippen LogP contribution in [0.2, 0.25) is 5.02 Å². The van der Waals surface area contributed by atoms with Gasteiger partial charge < -0.3 is 20.1 Å². The Morgan fingerprint density at radius 1 is 1.17 bits per heavy atom. The zero-order valence-electron chi connectivity index (χ0n) is 13.4. The van der Waals surface area contributed by atoms with Gasteiger partial charge in [0.15, 0.2) is 6.10 Å². The van der Waals surface area contributed by atoms with E-state index < -0.39 is 17.4 Å². The number of rotatable bonds is 3. The SMILES string of the molecule is NC(=O)[C@@H]1CN(C(=O)C2(c3ccc(Cl)cc3)CCOCC2)CCO1. The van der Waals surface area contributed by atoms with Gasteiger partial charge in [-0.25, -0.2) is 0 Å². The van der Waals surface area contributed by atoms with Gasteiger partial charge in [0.2, 0.25) is 11.8 Å². The molecule has 0 saturated carbocycles. The minimum absolute atomic E-state index is 0.00247. The summed E-state index contributed by atoms with van der Waals surface area (Å²) in [5.41, 5.74) is 5.61. The predicted octanol–water partition coefficient (Wildman–Crippen LogP) is 1.10. The van der Waals surface area contributed by atoms with Crippen molar-refractivity contribution in [2.24, 2.45) is 5.73 Å². The zero-order chi connectivity index (χ0) is 17.2. The third-order valence-corrected chi connectivity index (χ3v) is 5.08. The maximum atomic E-state index is 13.4. The lowest BCUT2D eigenvalue weighted by Crippen LogP contribution is -2.56. The lowest BCUT2D eigenvalue weighted by atomic mass is 9.73. The largest absolute Gasteiger partial charge is 0.381 e. The Morgan fingerprint density at radius 2 is 1.83 bits per heavy atom. The monoisotopic (exact) mass is 352 g/mol. The molecule has 1 atom stereocenters. The summed E-state index contributed by atoms with van der Waals surface area (Å²) in [5, 5.41) is 0.633. The molecule has 2 aliphatic rings. The van der Waals surface area contributed by atoms with Gasteiger partial charge in [-0.15, -0.1) is 0 Å². The van der Waals surface area contributed by atoms with Crippen LogP contribution >= 0.6 is 11.6 Å². The molecule has 0 radical (unpaired) electrons. The third kappa shape index (κ3) is 3.27. The number of nitrogens with zero attached hydrogens (tertiary/aromatic N) is 1. The Kier molecular flexibility index (Phi) is 5.08. The van der Waals surface area contributed by atoms with Gasteiger partial charge in [-0.05, 0) is 30.5 Å². The smallest absolute Gasteiger partial charge is 0.248 e. The summed E-state index contributed by atoms with van der Waals surface area (Å²) in [6.45, 7) is 2.02. The van der Waals surface area contributed by atoms with E-state index in [4.69, 9.17) is 26.8 Å². The van der Waals surface area contributed by atoms with E-state index in [-0.39, 0.29) is 12.5 Å². The Balaban J connectivity index is 1.89. The van der Waals surface area contributed by atoms with Crippen LogP contribution in [0.3, 0.4) is 0 Å². The molecule has 2 amide bonds. The van der Waals surface area contributed by atoms with E-state index in [1.54, 1.807) is 17.0 Å². The summed E-state index contributed by atoms with van der Waals surface area (Å²) in [7, 11) is 0. The lowest BCUT2D eigenvalue weighted by Gasteiger charge is -2.42. The fraction of sp³-hybridized carbons (Fsp3) is 0.529. The molecule has 2 saturated heterocycles. The number of morpholine rings is 1. The molecule has 2 aliphatic heterocycles. The van der Waals surface area contributed by atoms with Gasteiger partial charge >= 0.3 is 0 Å². The molecule has 2 heterocycles. The molecule has 0 spiro atoms. The van der Waals surface area contributed by atoms with Crippen LogP contribution in [-0.4, -0.2) is 55.7 Å². The van der Waals surface area contributed by atoms with Crippen molar-refractivity contribution in [2.45, 2.75) is 24.4 Å². The Bertz CT molecular complexity index is 614. The van der Waals surface area contributed by atoms with Crippen LogP contribution in [-0.2, 0) is 24.5 Å². The van der Waals surface area contributed by atoms with Crippen molar-refractivity contribution in [1.29, 1.82) is 0 Å².